The molecule has 0 bridgehead atoms. The van der Waals surface area contributed by atoms with Crippen LogP contribution in [0.15, 0.2) is 30.3 Å². The van der Waals surface area contributed by atoms with Gasteiger partial charge in [-0.1, -0.05) is 12.1 Å². The van der Waals surface area contributed by atoms with Gasteiger partial charge in [0.1, 0.15) is 17.9 Å². The normalized spacial score (nSPS) is 15.5. The van der Waals surface area contributed by atoms with Crippen molar-refractivity contribution < 1.29 is 28.7 Å². The molecule has 182 valence electrons. The van der Waals surface area contributed by atoms with Crippen LogP contribution in [0.2, 0.25) is 0 Å². The molecule has 1 fully saturated rings. The number of hydrogen-bond acceptors (Lipinski definition) is 8. The topological polar surface area (TPSA) is 104 Å². The van der Waals surface area contributed by atoms with E-state index in [9.17, 15) is 14.9 Å². The van der Waals surface area contributed by atoms with Crippen molar-refractivity contribution >= 4 is 11.6 Å². The Morgan fingerprint density at radius 2 is 1.88 bits per heavy atom. The molecule has 0 atom stereocenters. The summed E-state index contributed by atoms with van der Waals surface area (Å²) in [4.78, 5) is 28.3. The second-order valence-electron chi connectivity index (χ2n) is 8.23. The second kappa shape index (κ2) is 10.7. The summed E-state index contributed by atoms with van der Waals surface area (Å²) in [5.74, 6) is 1.05. The van der Waals surface area contributed by atoms with Crippen LogP contribution in [0.5, 0.6) is 17.2 Å². The van der Waals surface area contributed by atoms with E-state index in [1.807, 2.05) is 6.07 Å². The van der Waals surface area contributed by atoms with Crippen molar-refractivity contribution in [3.63, 3.8) is 0 Å². The van der Waals surface area contributed by atoms with Gasteiger partial charge in [0.2, 0.25) is 0 Å². The van der Waals surface area contributed by atoms with Crippen molar-refractivity contribution in [3.05, 3.63) is 57.1 Å². The number of nitro groups is 1. The third kappa shape index (κ3) is 5.23. The lowest BCUT2D eigenvalue weighted by atomic mass is 10.1. The molecule has 2 aliphatic heterocycles. The van der Waals surface area contributed by atoms with Gasteiger partial charge in [0.05, 0.1) is 31.3 Å². The number of fused-ring (bicyclic) bond motifs is 1. The van der Waals surface area contributed by atoms with E-state index >= 15 is 0 Å². The minimum atomic E-state index is -0.566. The molecule has 4 rings (SSSR count). The van der Waals surface area contributed by atoms with Crippen molar-refractivity contribution in [3.8, 4) is 17.2 Å². The van der Waals surface area contributed by atoms with E-state index in [1.165, 1.54) is 37.5 Å². The fraction of sp³-hybridized carbons (Fsp3) is 0.458. The monoisotopic (exact) mass is 471 g/mol. The van der Waals surface area contributed by atoms with Gasteiger partial charge in [-0.05, 0) is 17.2 Å². The first-order valence-corrected chi connectivity index (χ1v) is 11.2. The Hall–Kier alpha value is -3.37. The fourth-order valence-corrected chi connectivity index (χ4v) is 4.25. The summed E-state index contributed by atoms with van der Waals surface area (Å²) in [5, 5.41) is 11.7. The van der Waals surface area contributed by atoms with Gasteiger partial charge in [0.15, 0.2) is 11.5 Å². The average molecular weight is 472 g/mol. The van der Waals surface area contributed by atoms with Crippen LogP contribution in [0.3, 0.4) is 0 Å². The van der Waals surface area contributed by atoms with Gasteiger partial charge in [0.25, 0.3) is 11.6 Å². The first kappa shape index (κ1) is 23.8. The van der Waals surface area contributed by atoms with Gasteiger partial charge in [-0.2, -0.15) is 0 Å². The summed E-state index contributed by atoms with van der Waals surface area (Å²) >= 11 is 0. The highest BCUT2D eigenvalue weighted by Gasteiger charge is 2.30. The SMILES string of the molecule is COCCOc1cc([N+](=O)[O-])c(C(=O)N2CCN(Cc3ccc4c(c3)CCO4)CC2)cc1OC. The lowest BCUT2D eigenvalue weighted by Crippen LogP contribution is -2.48. The number of carbonyl (C=O) groups excluding carboxylic acids is 1. The lowest BCUT2D eigenvalue weighted by Gasteiger charge is -2.34. The summed E-state index contributed by atoms with van der Waals surface area (Å²) in [6, 6.07) is 8.92. The highest BCUT2D eigenvalue weighted by atomic mass is 16.6. The van der Waals surface area contributed by atoms with Crippen molar-refractivity contribution in [1.82, 2.24) is 9.80 Å². The third-order valence-corrected chi connectivity index (χ3v) is 6.07. The van der Waals surface area contributed by atoms with Crippen molar-refractivity contribution in [1.29, 1.82) is 0 Å². The first-order valence-electron chi connectivity index (χ1n) is 11.2. The van der Waals surface area contributed by atoms with Gasteiger partial charge < -0.3 is 23.8 Å². The Morgan fingerprint density at radius 3 is 2.59 bits per heavy atom. The zero-order valence-corrected chi connectivity index (χ0v) is 19.5. The minimum Gasteiger partial charge on any atom is -0.493 e. The largest absolute Gasteiger partial charge is 0.493 e. The first-order chi connectivity index (χ1) is 16.5. The van der Waals surface area contributed by atoms with Gasteiger partial charge in [-0.3, -0.25) is 19.8 Å². The number of methoxy groups -OCH3 is 2. The molecule has 0 aliphatic carbocycles. The molecule has 0 spiro atoms. The van der Waals surface area contributed by atoms with Crippen LogP contribution in [-0.2, 0) is 17.7 Å². The van der Waals surface area contributed by atoms with E-state index in [0.717, 1.165) is 25.3 Å². The summed E-state index contributed by atoms with van der Waals surface area (Å²) in [7, 11) is 2.97. The number of carbonyl (C=O) groups is 1. The number of piperazine rings is 1. The Labute approximate surface area is 198 Å². The molecule has 2 aliphatic rings. The maximum Gasteiger partial charge on any atom is 0.286 e. The van der Waals surface area contributed by atoms with Crippen LogP contribution in [0.25, 0.3) is 0 Å². The van der Waals surface area contributed by atoms with E-state index in [1.54, 1.807) is 4.90 Å². The van der Waals surface area contributed by atoms with E-state index < -0.39 is 4.92 Å². The van der Waals surface area contributed by atoms with E-state index in [2.05, 4.69) is 17.0 Å². The molecule has 34 heavy (non-hydrogen) atoms. The van der Waals surface area contributed by atoms with Crippen molar-refractivity contribution in [2.45, 2.75) is 13.0 Å². The van der Waals surface area contributed by atoms with Crippen molar-refractivity contribution in [2.24, 2.45) is 0 Å². The molecule has 2 aromatic carbocycles. The molecular formula is C24H29N3O7. The zero-order valence-electron chi connectivity index (χ0n) is 19.5. The number of ether oxygens (including phenoxy) is 4. The molecule has 0 saturated carbocycles. The molecule has 2 aromatic rings. The van der Waals surface area contributed by atoms with Gasteiger partial charge in [0, 0.05) is 52.3 Å². The Balaban J connectivity index is 1.43. The van der Waals surface area contributed by atoms with Crippen LogP contribution < -0.4 is 14.2 Å². The van der Waals surface area contributed by atoms with Gasteiger partial charge in [-0.15, -0.1) is 0 Å². The second-order valence-corrected chi connectivity index (χ2v) is 8.23. The summed E-state index contributed by atoms with van der Waals surface area (Å²) in [6.45, 7) is 4.38. The smallest absolute Gasteiger partial charge is 0.286 e. The van der Waals surface area contributed by atoms with Crippen LogP contribution in [0, 0.1) is 10.1 Å². The Kier molecular flexibility index (Phi) is 7.49. The van der Waals surface area contributed by atoms with Gasteiger partial charge in [-0.25, -0.2) is 0 Å². The predicted octanol–water partition coefficient (Wildman–Crippen LogP) is 2.52. The summed E-state index contributed by atoms with van der Waals surface area (Å²) in [6.07, 6.45) is 0.934. The maximum absolute atomic E-state index is 13.2. The van der Waals surface area contributed by atoms with Crippen LogP contribution in [0.4, 0.5) is 5.69 Å². The highest BCUT2D eigenvalue weighted by Crippen LogP contribution is 2.35. The molecule has 10 nitrogen and oxygen atoms in total. The molecule has 10 heteroatoms. The standard InChI is InChI=1S/C24H29N3O7/c1-31-11-12-34-23-15-20(27(29)30)19(14-22(23)32-2)24(28)26-8-6-25(7-9-26)16-17-3-4-21-18(13-17)5-10-33-21/h3-4,13-15H,5-12,16H2,1-2H3. The average Bonchev–Trinajstić information content (AvgIpc) is 3.32. The molecule has 2 heterocycles. The molecule has 0 aromatic heterocycles. The van der Waals surface area contributed by atoms with E-state index in [0.29, 0.717) is 32.8 Å². The Morgan fingerprint density at radius 1 is 1.09 bits per heavy atom. The maximum atomic E-state index is 13.2. The van der Waals surface area contributed by atoms with E-state index in [4.69, 9.17) is 18.9 Å². The third-order valence-electron chi connectivity index (χ3n) is 6.07. The molecule has 1 amide bonds. The minimum absolute atomic E-state index is 0.00647. The number of benzene rings is 2. The number of hydrogen-bond donors (Lipinski definition) is 0. The fourth-order valence-electron chi connectivity index (χ4n) is 4.25. The summed E-state index contributed by atoms with van der Waals surface area (Å²) in [5.41, 5.74) is 2.14. The number of nitro benzene ring substituents is 1. The lowest BCUT2D eigenvalue weighted by molar-refractivity contribution is -0.385. The highest BCUT2D eigenvalue weighted by molar-refractivity contribution is 5.99. The zero-order chi connectivity index (χ0) is 24.1. The predicted molar refractivity (Wildman–Crippen MR) is 124 cm³/mol. The number of amides is 1. The molecule has 0 N–H and O–H groups in total. The summed E-state index contributed by atoms with van der Waals surface area (Å²) < 4.78 is 21.4. The number of nitrogens with zero attached hydrogens (tertiary/aromatic N) is 3. The van der Waals surface area contributed by atoms with Crippen LogP contribution in [-0.4, -0.2) is 80.8 Å². The molecule has 0 radical (unpaired) electrons. The van der Waals surface area contributed by atoms with Crippen molar-refractivity contribution in [2.75, 3.05) is 60.2 Å². The van der Waals surface area contributed by atoms with Crippen LogP contribution in [0.1, 0.15) is 21.5 Å². The quantitative estimate of drug-likeness (QED) is 0.312. The number of rotatable bonds is 9. The van der Waals surface area contributed by atoms with Gasteiger partial charge >= 0.3 is 0 Å². The molecule has 1 saturated heterocycles. The Bertz CT molecular complexity index is 1050. The van der Waals surface area contributed by atoms with E-state index in [-0.39, 0.29) is 35.3 Å². The molecule has 0 unspecified atom stereocenters. The molecular weight excluding hydrogens is 442 g/mol. The van der Waals surface area contributed by atoms with Crippen LogP contribution >= 0.6 is 0 Å².